The predicted molar refractivity (Wildman–Crippen MR) is 109 cm³/mol. The van der Waals surface area contributed by atoms with Crippen LogP contribution in [0, 0.1) is 5.82 Å². The van der Waals surface area contributed by atoms with Gasteiger partial charge in [0.1, 0.15) is 11.5 Å². The zero-order valence-corrected chi connectivity index (χ0v) is 15.8. The van der Waals surface area contributed by atoms with Crippen molar-refractivity contribution in [1.82, 2.24) is 4.98 Å². The van der Waals surface area contributed by atoms with Crippen LogP contribution in [0.3, 0.4) is 0 Å². The highest BCUT2D eigenvalue weighted by Crippen LogP contribution is 2.14. The van der Waals surface area contributed by atoms with Gasteiger partial charge in [-0.25, -0.2) is 9.18 Å². The van der Waals surface area contributed by atoms with Crippen LogP contribution in [-0.2, 0) is 11.2 Å². The van der Waals surface area contributed by atoms with Crippen LogP contribution in [-0.4, -0.2) is 30.5 Å². The molecule has 0 fully saturated rings. The number of benzene rings is 2. The Morgan fingerprint density at radius 3 is 2.59 bits per heavy atom. The smallest absolute Gasteiger partial charge is 0.337 e. The van der Waals surface area contributed by atoms with Crippen molar-refractivity contribution in [2.24, 2.45) is 0 Å². The van der Waals surface area contributed by atoms with Crippen LogP contribution >= 0.6 is 0 Å². The first-order valence-electron chi connectivity index (χ1n) is 8.99. The van der Waals surface area contributed by atoms with E-state index in [1.165, 1.54) is 25.3 Å². The summed E-state index contributed by atoms with van der Waals surface area (Å²) in [5, 5.41) is 5.94. The summed E-state index contributed by atoms with van der Waals surface area (Å²) in [5.41, 5.74) is 2.80. The molecule has 0 aliphatic carbocycles. The van der Waals surface area contributed by atoms with Gasteiger partial charge < -0.3 is 15.4 Å². The van der Waals surface area contributed by atoms with E-state index >= 15 is 0 Å². The van der Waals surface area contributed by atoms with E-state index in [-0.39, 0.29) is 11.5 Å². The van der Waals surface area contributed by atoms with E-state index in [9.17, 15) is 14.0 Å². The Hall–Kier alpha value is -3.74. The standard InChI is InChI=1S/C22H20FN3O3/c1-29-22(28)16-3-2-4-19(13-16)26-21(27)20-14-18(10-12-25-20)24-11-9-15-5-7-17(23)8-6-15/h2-8,10,12-14H,9,11H2,1H3,(H,24,25)(H,26,27). The lowest BCUT2D eigenvalue weighted by Crippen LogP contribution is -2.15. The quantitative estimate of drug-likeness (QED) is 0.595. The summed E-state index contributed by atoms with van der Waals surface area (Å²) in [5.74, 6) is -1.13. The van der Waals surface area contributed by atoms with E-state index in [0.717, 1.165) is 11.3 Å². The lowest BCUT2D eigenvalue weighted by Gasteiger charge is -2.09. The maximum absolute atomic E-state index is 12.9. The molecule has 2 aromatic carbocycles. The van der Waals surface area contributed by atoms with Gasteiger partial charge in [-0.15, -0.1) is 0 Å². The molecule has 148 valence electrons. The van der Waals surface area contributed by atoms with Crippen molar-refractivity contribution in [3.8, 4) is 0 Å². The first-order chi connectivity index (χ1) is 14.0. The van der Waals surface area contributed by atoms with Gasteiger partial charge in [-0.3, -0.25) is 9.78 Å². The topological polar surface area (TPSA) is 80.3 Å². The van der Waals surface area contributed by atoms with Crippen molar-refractivity contribution in [2.75, 3.05) is 24.3 Å². The normalized spacial score (nSPS) is 10.3. The molecule has 0 saturated heterocycles. The van der Waals surface area contributed by atoms with Crippen LogP contribution in [0.1, 0.15) is 26.4 Å². The fourth-order valence-electron chi connectivity index (χ4n) is 2.70. The summed E-state index contributed by atoms with van der Waals surface area (Å²) >= 11 is 0. The predicted octanol–water partition coefficient (Wildman–Crippen LogP) is 3.91. The van der Waals surface area contributed by atoms with Crippen molar-refractivity contribution < 1.29 is 18.7 Å². The largest absolute Gasteiger partial charge is 0.465 e. The summed E-state index contributed by atoms with van der Waals surface area (Å²) in [6.07, 6.45) is 2.25. The van der Waals surface area contributed by atoms with Crippen LogP contribution < -0.4 is 10.6 Å². The molecule has 0 spiro atoms. The summed E-state index contributed by atoms with van der Waals surface area (Å²) in [4.78, 5) is 28.2. The molecule has 0 atom stereocenters. The Kier molecular flexibility index (Phi) is 6.52. The third-order valence-electron chi connectivity index (χ3n) is 4.19. The monoisotopic (exact) mass is 393 g/mol. The number of carbonyl (C=O) groups excluding carboxylic acids is 2. The summed E-state index contributed by atoms with van der Waals surface area (Å²) in [6.45, 7) is 0.623. The number of nitrogens with zero attached hydrogens (tertiary/aromatic N) is 1. The molecule has 29 heavy (non-hydrogen) atoms. The highest BCUT2D eigenvalue weighted by Gasteiger charge is 2.11. The third kappa shape index (κ3) is 5.62. The molecule has 2 N–H and O–H groups in total. The maximum Gasteiger partial charge on any atom is 0.337 e. The summed E-state index contributed by atoms with van der Waals surface area (Å²) in [6, 6.07) is 16.2. The Labute approximate surface area is 167 Å². The molecule has 0 saturated carbocycles. The molecule has 1 heterocycles. The number of halogens is 1. The maximum atomic E-state index is 12.9. The SMILES string of the molecule is COC(=O)c1cccc(NC(=O)c2cc(NCCc3ccc(F)cc3)ccn2)c1. The molecule has 0 aliphatic heterocycles. The van der Waals surface area contributed by atoms with Gasteiger partial charge in [0.2, 0.25) is 0 Å². The second-order valence-electron chi connectivity index (χ2n) is 6.26. The second-order valence-corrected chi connectivity index (χ2v) is 6.26. The van der Waals surface area contributed by atoms with E-state index < -0.39 is 11.9 Å². The molecular formula is C22H20FN3O3. The van der Waals surface area contributed by atoms with Gasteiger partial charge in [0.15, 0.2) is 0 Å². The number of anilines is 2. The average Bonchev–Trinajstić information content (AvgIpc) is 2.75. The summed E-state index contributed by atoms with van der Waals surface area (Å²) in [7, 11) is 1.30. The van der Waals surface area contributed by atoms with Crippen molar-refractivity contribution in [3.63, 3.8) is 0 Å². The van der Waals surface area contributed by atoms with E-state index in [4.69, 9.17) is 0 Å². The number of hydrogen-bond donors (Lipinski definition) is 2. The van der Waals surface area contributed by atoms with E-state index in [1.807, 2.05) is 0 Å². The minimum Gasteiger partial charge on any atom is -0.465 e. The molecule has 1 amide bonds. The third-order valence-corrected chi connectivity index (χ3v) is 4.19. The minimum absolute atomic E-state index is 0.236. The molecule has 3 rings (SSSR count). The number of ether oxygens (including phenoxy) is 1. The van der Waals surface area contributed by atoms with Crippen LogP contribution in [0.15, 0.2) is 66.9 Å². The number of aromatic nitrogens is 1. The van der Waals surface area contributed by atoms with Gasteiger partial charge in [0.25, 0.3) is 5.91 Å². The zero-order valence-electron chi connectivity index (χ0n) is 15.8. The number of carbonyl (C=O) groups is 2. The van der Waals surface area contributed by atoms with Gasteiger partial charge in [-0.2, -0.15) is 0 Å². The Morgan fingerprint density at radius 2 is 1.83 bits per heavy atom. The minimum atomic E-state index is -0.480. The number of rotatable bonds is 7. The number of amides is 1. The van der Waals surface area contributed by atoms with Gasteiger partial charge in [-0.05, 0) is 54.4 Å². The molecule has 3 aromatic rings. The van der Waals surface area contributed by atoms with Crippen molar-refractivity contribution in [2.45, 2.75) is 6.42 Å². The van der Waals surface area contributed by atoms with E-state index in [1.54, 1.807) is 48.7 Å². The molecule has 0 radical (unpaired) electrons. The van der Waals surface area contributed by atoms with E-state index in [2.05, 4.69) is 20.4 Å². The molecule has 6 nitrogen and oxygen atoms in total. The average molecular weight is 393 g/mol. The molecule has 1 aromatic heterocycles. The molecule has 0 aliphatic rings. The first-order valence-corrected chi connectivity index (χ1v) is 8.99. The molecule has 7 heteroatoms. The highest BCUT2D eigenvalue weighted by molar-refractivity contribution is 6.04. The Balaban J connectivity index is 1.60. The number of hydrogen-bond acceptors (Lipinski definition) is 5. The fourth-order valence-corrected chi connectivity index (χ4v) is 2.70. The molecular weight excluding hydrogens is 373 g/mol. The Bertz CT molecular complexity index is 1010. The van der Waals surface area contributed by atoms with Gasteiger partial charge in [0, 0.05) is 24.1 Å². The van der Waals surface area contributed by atoms with Gasteiger partial charge in [-0.1, -0.05) is 18.2 Å². The van der Waals surface area contributed by atoms with Crippen molar-refractivity contribution in [3.05, 3.63) is 89.5 Å². The van der Waals surface area contributed by atoms with Crippen molar-refractivity contribution >= 4 is 23.3 Å². The number of esters is 1. The van der Waals surface area contributed by atoms with Crippen LogP contribution in [0.2, 0.25) is 0 Å². The van der Waals surface area contributed by atoms with Crippen molar-refractivity contribution in [1.29, 1.82) is 0 Å². The second kappa shape index (κ2) is 9.45. The number of methoxy groups -OCH3 is 1. The van der Waals surface area contributed by atoms with Crippen LogP contribution in [0.25, 0.3) is 0 Å². The highest BCUT2D eigenvalue weighted by atomic mass is 19.1. The van der Waals surface area contributed by atoms with Gasteiger partial charge in [0.05, 0.1) is 12.7 Å². The fraction of sp³-hybridized carbons (Fsp3) is 0.136. The van der Waals surface area contributed by atoms with Crippen LogP contribution in [0.5, 0.6) is 0 Å². The van der Waals surface area contributed by atoms with E-state index in [0.29, 0.717) is 24.2 Å². The lowest BCUT2D eigenvalue weighted by atomic mass is 10.1. The number of pyridine rings is 1. The molecule has 0 bridgehead atoms. The van der Waals surface area contributed by atoms with Gasteiger partial charge >= 0.3 is 5.97 Å². The lowest BCUT2D eigenvalue weighted by molar-refractivity contribution is 0.0600. The summed E-state index contributed by atoms with van der Waals surface area (Å²) < 4.78 is 17.6. The first kappa shape index (κ1) is 20.0. The van der Waals surface area contributed by atoms with Crippen LogP contribution in [0.4, 0.5) is 15.8 Å². The number of nitrogens with one attached hydrogen (secondary N) is 2. The zero-order chi connectivity index (χ0) is 20.6. The molecule has 0 unspecified atom stereocenters. The Morgan fingerprint density at radius 1 is 1.03 bits per heavy atom.